The third-order valence-corrected chi connectivity index (χ3v) is 5.27. The van der Waals surface area contributed by atoms with Gasteiger partial charge >= 0.3 is 0 Å². The Bertz CT molecular complexity index is 1190. The summed E-state index contributed by atoms with van der Waals surface area (Å²) in [6, 6.07) is 12.0. The van der Waals surface area contributed by atoms with E-state index in [1.165, 1.54) is 23.5 Å². The molecule has 0 saturated heterocycles. The van der Waals surface area contributed by atoms with Crippen molar-refractivity contribution in [2.24, 2.45) is 0 Å². The zero-order chi connectivity index (χ0) is 18.8. The first kappa shape index (κ1) is 17.4. The van der Waals surface area contributed by atoms with E-state index in [9.17, 15) is 14.0 Å². The first-order valence-electron chi connectivity index (χ1n) is 8.53. The summed E-state index contributed by atoms with van der Waals surface area (Å²) in [4.78, 5) is 27.0. The van der Waals surface area contributed by atoms with E-state index in [1.54, 1.807) is 24.3 Å². The fourth-order valence-electron chi connectivity index (χ4n) is 3.00. The Morgan fingerprint density at radius 1 is 1.26 bits per heavy atom. The van der Waals surface area contributed by atoms with Gasteiger partial charge in [0.2, 0.25) is 0 Å². The number of ketones is 1. The number of benzene rings is 2. The second kappa shape index (κ2) is 7.32. The maximum atomic E-state index is 13.7. The van der Waals surface area contributed by atoms with E-state index in [2.05, 4.69) is 4.98 Å². The van der Waals surface area contributed by atoms with Gasteiger partial charge in [-0.15, -0.1) is 11.3 Å². The number of H-pyrrole nitrogens is 1. The standard InChI is InChI=1S/C21H16FNO3S/c22-17-4-2-1-3-14(17)11-16(24)12-20-23-21(25)19(27-20)10-13-5-6-18-15(9-13)7-8-26-18/h1-6,9-10,12H,7-8,11H2,(H,23,25)/b19-10-,20-12+. The van der Waals surface area contributed by atoms with Crippen molar-refractivity contribution in [1.29, 1.82) is 0 Å². The number of aromatic amines is 1. The lowest BCUT2D eigenvalue weighted by Crippen LogP contribution is -2.20. The Labute approximate surface area is 158 Å². The van der Waals surface area contributed by atoms with Gasteiger partial charge in [0, 0.05) is 18.9 Å². The molecule has 136 valence electrons. The van der Waals surface area contributed by atoms with Crippen molar-refractivity contribution in [3.05, 3.63) is 84.5 Å². The summed E-state index contributed by atoms with van der Waals surface area (Å²) in [6.45, 7) is 0.682. The van der Waals surface area contributed by atoms with Crippen LogP contribution in [0.2, 0.25) is 0 Å². The summed E-state index contributed by atoms with van der Waals surface area (Å²) < 4.78 is 20.1. The van der Waals surface area contributed by atoms with Crippen LogP contribution in [0.3, 0.4) is 0 Å². The van der Waals surface area contributed by atoms with Crippen LogP contribution in [-0.4, -0.2) is 17.4 Å². The Kier molecular flexibility index (Phi) is 4.73. The fraction of sp³-hybridized carbons (Fsp3) is 0.143. The zero-order valence-electron chi connectivity index (χ0n) is 14.3. The van der Waals surface area contributed by atoms with Gasteiger partial charge in [-0.25, -0.2) is 4.39 Å². The van der Waals surface area contributed by atoms with E-state index in [-0.39, 0.29) is 17.8 Å². The lowest BCUT2D eigenvalue weighted by atomic mass is 10.1. The van der Waals surface area contributed by atoms with Gasteiger partial charge in [0.15, 0.2) is 5.78 Å². The van der Waals surface area contributed by atoms with Gasteiger partial charge in [0.05, 0.1) is 15.8 Å². The van der Waals surface area contributed by atoms with Crippen LogP contribution in [0, 0.1) is 5.82 Å². The molecule has 1 N–H and O–H groups in total. The highest BCUT2D eigenvalue weighted by atomic mass is 32.1. The highest BCUT2D eigenvalue weighted by Gasteiger charge is 2.11. The van der Waals surface area contributed by atoms with Gasteiger partial charge in [0.1, 0.15) is 11.6 Å². The normalized spacial score (nSPS) is 14.3. The van der Waals surface area contributed by atoms with Crippen LogP contribution < -0.4 is 19.5 Å². The number of thiazole rings is 1. The molecule has 0 radical (unpaired) electrons. The molecule has 1 aliphatic heterocycles. The minimum absolute atomic E-state index is 0.0452. The quantitative estimate of drug-likeness (QED) is 0.751. The fourth-order valence-corrected chi connectivity index (χ4v) is 3.91. The smallest absolute Gasteiger partial charge is 0.266 e. The lowest BCUT2D eigenvalue weighted by Gasteiger charge is -1.98. The van der Waals surface area contributed by atoms with E-state index in [4.69, 9.17) is 4.74 Å². The molecule has 1 aromatic heterocycles. The summed E-state index contributed by atoms with van der Waals surface area (Å²) in [7, 11) is 0. The second-order valence-electron chi connectivity index (χ2n) is 6.27. The van der Waals surface area contributed by atoms with E-state index in [0.717, 1.165) is 23.3 Å². The molecule has 6 heteroatoms. The maximum absolute atomic E-state index is 13.7. The van der Waals surface area contributed by atoms with E-state index < -0.39 is 5.82 Å². The van der Waals surface area contributed by atoms with Crippen LogP contribution >= 0.6 is 11.3 Å². The van der Waals surface area contributed by atoms with Crippen molar-refractivity contribution in [2.45, 2.75) is 12.8 Å². The highest BCUT2D eigenvalue weighted by Crippen LogP contribution is 2.25. The van der Waals surface area contributed by atoms with Crippen molar-refractivity contribution in [2.75, 3.05) is 6.61 Å². The third-order valence-electron chi connectivity index (χ3n) is 4.31. The number of nitrogens with one attached hydrogen (secondary N) is 1. The number of carbonyl (C=O) groups excluding carboxylic acids is 1. The molecule has 0 unspecified atom stereocenters. The molecular weight excluding hydrogens is 365 g/mol. The zero-order valence-corrected chi connectivity index (χ0v) is 15.1. The van der Waals surface area contributed by atoms with E-state index >= 15 is 0 Å². The Hall–Kier alpha value is -2.99. The third kappa shape index (κ3) is 3.90. The SMILES string of the molecule is O=C(/C=c1\[nH]c(=O)/c(=C/c2ccc3c(c2)CCO3)s1)Cc1ccccc1F. The predicted molar refractivity (Wildman–Crippen MR) is 103 cm³/mol. The molecule has 0 atom stereocenters. The molecule has 0 fully saturated rings. The molecule has 4 rings (SSSR count). The largest absolute Gasteiger partial charge is 0.493 e. The molecular formula is C21H16FNO3S. The molecule has 0 spiro atoms. The van der Waals surface area contributed by atoms with Crippen molar-refractivity contribution in [3.63, 3.8) is 0 Å². The molecule has 3 aromatic rings. The Balaban J connectivity index is 1.61. The number of carbonyl (C=O) groups is 1. The summed E-state index contributed by atoms with van der Waals surface area (Å²) in [5.74, 6) is 0.215. The van der Waals surface area contributed by atoms with Gasteiger partial charge in [-0.05, 0) is 41.0 Å². The number of ether oxygens (including phenoxy) is 1. The summed E-state index contributed by atoms with van der Waals surface area (Å²) in [5, 5.41) is 0. The summed E-state index contributed by atoms with van der Waals surface area (Å²) >= 11 is 1.21. The van der Waals surface area contributed by atoms with Crippen LogP contribution in [0.25, 0.3) is 12.2 Å². The number of Topliss-reactive ketones (excluding diaryl/α,β-unsaturated/α-hetero) is 1. The average molecular weight is 381 g/mol. The topological polar surface area (TPSA) is 59.2 Å². The molecule has 4 nitrogen and oxygen atoms in total. The number of halogens is 1. The van der Waals surface area contributed by atoms with Gasteiger partial charge in [-0.3, -0.25) is 9.59 Å². The van der Waals surface area contributed by atoms with Crippen molar-refractivity contribution >= 4 is 29.3 Å². The number of hydrogen-bond acceptors (Lipinski definition) is 4. The minimum atomic E-state index is -0.409. The molecule has 0 saturated carbocycles. The molecule has 0 bridgehead atoms. The monoisotopic (exact) mass is 381 g/mol. The first-order valence-corrected chi connectivity index (χ1v) is 9.35. The Morgan fingerprint density at radius 3 is 2.96 bits per heavy atom. The van der Waals surface area contributed by atoms with Crippen LogP contribution in [0.4, 0.5) is 4.39 Å². The second-order valence-corrected chi connectivity index (χ2v) is 7.36. The van der Waals surface area contributed by atoms with E-state index in [1.807, 2.05) is 18.2 Å². The number of fused-ring (bicyclic) bond motifs is 1. The van der Waals surface area contributed by atoms with Crippen LogP contribution in [0.15, 0.2) is 47.3 Å². The minimum Gasteiger partial charge on any atom is -0.493 e. The van der Waals surface area contributed by atoms with Gasteiger partial charge in [-0.1, -0.05) is 24.3 Å². The lowest BCUT2D eigenvalue weighted by molar-refractivity contribution is -0.112. The number of rotatable bonds is 4. The van der Waals surface area contributed by atoms with Crippen molar-refractivity contribution in [3.8, 4) is 5.75 Å². The Morgan fingerprint density at radius 2 is 2.11 bits per heavy atom. The summed E-state index contributed by atoms with van der Waals surface area (Å²) in [5.41, 5.74) is 2.13. The van der Waals surface area contributed by atoms with Crippen molar-refractivity contribution in [1.82, 2.24) is 4.98 Å². The summed E-state index contributed by atoms with van der Waals surface area (Å²) in [6.07, 6.45) is 3.96. The molecule has 0 amide bonds. The van der Waals surface area contributed by atoms with E-state index in [0.29, 0.717) is 21.4 Å². The molecule has 27 heavy (non-hydrogen) atoms. The van der Waals surface area contributed by atoms with Crippen LogP contribution in [0.1, 0.15) is 16.7 Å². The molecule has 0 aliphatic carbocycles. The van der Waals surface area contributed by atoms with Gasteiger partial charge in [0.25, 0.3) is 5.56 Å². The van der Waals surface area contributed by atoms with Gasteiger partial charge < -0.3 is 9.72 Å². The predicted octanol–water partition coefficient (Wildman–Crippen LogP) is 1.93. The maximum Gasteiger partial charge on any atom is 0.266 e. The average Bonchev–Trinajstić information content (AvgIpc) is 3.23. The molecule has 2 heterocycles. The highest BCUT2D eigenvalue weighted by molar-refractivity contribution is 7.07. The number of hydrogen-bond donors (Lipinski definition) is 1. The van der Waals surface area contributed by atoms with Crippen LogP contribution in [0.5, 0.6) is 5.75 Å². The number of aromatic nitrogens is 1. The molecule has 2 aromatic carbocycles. The first-order chi connectivity index (χ1) is 13.1. The molecule has 1 aliphatic rings. The van der Waals surface area contributed by atoms with Gasteiger partial charge in [-0.2, -0.15) is 0 Å². The van der Waals surface area contributed by atoms with Crippen LogP contribution in [-0.2, 0) is 17.6 Å². The van der Waals surface area contributed by atoms with Crippen molar-refractivity contribution < 1.29 is 13.9 Å².